The highest BCUT2D eigenvalue weighted by atomic mass is 16.1. The zero-order valence-electron chi connectivity index (χ0n) is 14.8. The molecule has 3 heteroatoms. The molecule has 1 amide bonds. The number of aromatic nitrogens is 1. The lowest BCUT2D eigenvalue weighted by atomic mass is 9.93. The third kappa shape index (κ3) is 3.66. The van der Waals surface area contributed by atoms with Crippen molar-refractivity contribution in [1.29, 1.82) is 0 Å². The Morgan fingerprint density at radius 2 is 1.71 bits per heavy atom. The van der Waals surface area contributed by atoms with Gasteiger partial charge < -0.3 is 5.32 Å². The van der Waals surface area contributed by atoms with Gasteiger partial charge in [-0.05, 0) is 55.2 Å². The maximum atomic E-state index is 12.6. The van der Waals surface area contributed by atoms with Gasteiger partial charge in [-0.3, -0.25) is 4.79 Å². The molecule has 0 radical (unpaired) electrons. The lowest BCUT2D eigenvalue weighted by Crippen LogP contribution is -2.40. The second-order valence-electron chi connectivity index (χ2n) is 6.58. The number of anilines is 1. The largest absolute Gasteiger partial charge is 0.320 e. The summed E-state index contributed by atoms with van der Waals surface area (Å²) in [5.41, 5.74) is 6.27. The molecule has 1 aromatic carbocycles. The van der Waals surface area contributed by atoms with E-state index in [2.05, 4.69) is 49.6 Å². The maximum absolute atomic E-state index is 12.6. The van der Waals surface area contributed by atoms with Crippen molar-refractivity contribution in [3.05, 3.63) is 58.9 Å². The molecule has 0 atom stereocenters. The molecule has 3 nitrogen and oxygen atoms in total. The van der Waals surface area contributed by atoms with Crippen LogP contribution in [0.2, 0.25) is 0 Å². The first kappa shape index (κ1) is 16.7. The van der Waals surface area contributed by atoms with Crippen LogP contribution in [0.4, 0.5) is 5.69 Å². The minimum absolute atomic E-state index is 0.0476. The molecule has 0 saturated heterocycles. The van der Waals surface area contributed by atoms with Gasteiger partial charge in [0.15, 0.2) is 12.4 Å². The highest BCUT2D eigenvalue weighted by molar-refractivity contribution is 5.91. The number of nitrogens with zero attached hydrogens (tertiary/aromatic N) is 1. The highest BCUT2D eigenvalue weighted by Gasteiger charge is 2.17. The number of aryl methyl sites for hydroxylation is 4. The maximum Gasteiger partial charge on any atom is 0.290 e. The second-order valence-corrected chi connectivity index (χ2v) is 6.58. The summed E-state index contributed by atoms with van der Waals surface area (Å²) in [5, 5.41) is 3.15. The Kier molecular flexibility index (Phi) is 5.29. The van der Waals surface area contributed by atoms with Crippen LogP contribution in [0.1, 0.15) is 48.9 Å². The third-order valence-electron chi connectivity index (χ3n) is 4.93. The van der Waals surface area contributed by atoms with E-state index in [1.54, 1.807) is 0 Å². The van der Waals surface area contributed by atoms with E-state index >= 15 is 0 Å². The van der Waals surface area contributed by atoms with E-state index in [4.69, 9.17) is 0 Å². The molecule has 24 heavy (non-hydrogen) atoms. The standard InChI is InChI=1S/C21H26N2O/c1-3-16-10-7-11-17(4-2)21(16)22-20(24)15-23-13-12-18-8-5-6-9-19(18)14-23/h7,10-14H,3-6,8-9,15H2,1-2H3/p+1. The van der Waals surface area contributed by atoms with Gasteiger partial charge in [-0.1, -0.05) is 32.0 Å². The molecule has 0 unspecified atom stereocenters. The predicted molar refractivity (Wildman–Crippen MR) is 97.1 cm³/mol. The Hall–Kier alpha value is -2.16. The lowest BCUT2D eigenvalue weighted by Gasteiger charge is -2.15. The van der Waals surface area contributed by atoms with Crippen LogP contribution in [0.25, 0.3) is 0 Å². The van der Waals surface area contributed by atoms with Crippen LogP contribution >= 0.6 is 0 Å². The van der Waals surface area contributed by atoms with Crippen molar-refractivity contribution in [2.75, 3.05) is 5.32 Å². The number of rotatable bonds is 5. The summed E-state index contributed by atoms with van der Waals surface area (Å²) >= 11 is 0. The number of amides is 1. The summed E-state index contributed by atoms with van der Waals surface area (Å²) in [4.78, 5) is 12.6. The van der Waals surface area contributed by atoms with Crippen LogP contribution in [0, 0.1) is 0 Å². The van der Waals surface area contributed by atoms with Gasteiger partial charge in [0.05, 0.1) is 0 Å². The molecule has 0 spiro atoms. The van der Waals surface area contributed by atoms with E-state index in [0.717, 1.165) is 24.9 Å². The van der Waals surface area contributed by atoms with Crippen molar-refractivity contribution in [2.24, 2.45) is 0 Å². The van der Waals surface area contributed by atoms with Crippen LogP contribution in [0.5, 0.6) is 0 Å². The second kappa shape index (κ2) is 7.61. The van der Waals surface area contributed by atoms with Crippen LogP contribution in [0.15, 0.2) is 36.7 Å². The fraction of sp³-hybridized carbons (Fsp3) is 0.429. The molecule has 1 aromatic heterocycles. The summed E-state index contributed by atoms with van der Waals surface area (Å²) in [6.07, 6.45) is 10.9. The lowest BCUT2D eigenvalue weighted by molar-refractivity contribution is -0.684. The van der Waals surface area contributed by atoms with E-state index in [9.17, 15) is 4.79 Å². The summed E-state index contributed by atoms with van der Waals surface area (Å²) in [6.45, 7) is 4.62. The van der Waals surface area contributed by atoms with Crippen LogP contribution < -0.4 is 9.88 Å². The Labute approximate surface area is 144 Å². The number of hydrogen-bond acceptors (Lipinski definition) is 1. The summed E-state index contributed by atoms with van der Waals surface area (Å²) in [5.74, 6) is 0.0476. The monoisotopic (exact) mass is 323 g/mol. The summed E-state index contributed by atoms with van der Waals surface area (Å²) < 4.78 is 2.01. The van der Waals surface area contributed by atoms with Crippen LogP contribution in [0.3, 0.4) is 0 Å². The number of hydrogen-bond donors (Lipinski definition) is 1. The average Bonchev–Trinajstić information content (AvgIpc) is 2.61. The van der Waals surface area contributed by atoms with E-state index in [1.165, 1.54) is 41.5 Å². The van der Waals surface area contributed by atoms with Gasteiger partial charge in [0.1, 0.15) is 0 Å². The van der Waals surface area contributed by atoms with Gasteiger partial charge in [-0.15, -0.1) is 0 Å². The Morgan fingerprint density at radius 1 is 1.04 bits per heavy atom. The molecule has 1 N–H and O–H groups in total. The molecule has 3 rings (SSSR count). The number of carbonyl (C=O) groups excluding carboxylic acids is 1. The molecule has 1 heterocycles. The quantitative estimate of drug-likeness (QED) is 0.838. The molecule has 0 aliphatic heterocycles. The molecule has 0 bridgehead atoms. The van der Waals surface area contributed by atoms with E-state index in [0.29, 0.717) is 6.54 Å². The van der Waals surface area contributed by atoms with Crippen molar-refractivity contribution in [1.82, 2.24) is 0 Å². The Balaban J connectivity index is 1.74. The average molecular weight is 323 g/mol. The highest BCUT2D eigenvalue weighted by Crippen LogP contribution is 2.22. The first-order valence-corrected chi connectivity index (χ1v) is 9.12. The van der Waals surface area contributed by atoms with Gasteiger partial charge >= 0.3 is 0 Å². The normalized spacial score (nSPS) is 13.4. The number of nitrogens with one attached hydrogen (secondary N) is 1. The summed E-state index contributed by atoms with van der Waals surface area (Å²) in [7, 11) is 0. The predicted octanol–water partition coefficient (Wildman–Crippen LogP) is 3.62. The van der Waals surface area contributed by atoms with Gasteiger partial charge in [-0.2, -0.15) is 4.57 Å². The van der Waals surface area contributed by atoms with Gasteiger partial charge in [0.25, 0.3) is 5.91 Å². The van der Waals surface area contributed by atoms with Crippen LogP contribution in [-0.4, -0.2) is 5.91 Å². The Bertz CT molecular complexity index is 714. The Morgan fingerprint density at radius 3 is 2.38 bits per heavy atom. The zero-order valence-corrected chi connectivity index (χ0v) is 14.8. The number of para-hydroxylation sites is 1. The molecular weight excluding hydrogens is 296 g/mol. The molecule has 126 valence electrons. The first-order chi connectivity index (χ1) is 11.7. The van der Waals surface area contributed by atoms with Crippen LogP contribution in [-0.2, 0) is 37.0 Å². The molecule has 1 aliphatic carbocycles. The smallest absolute Gasteiger partial charge is 0.290 e. The van der Waals surface area contributed by atoms with Crippen molar-refractivity contribution >= 4 is 11.6 Å². The number of pyridine rings is 1. The van der Waals surface area contributed by atoms with Gasteiger partial charge in [-0.25, -0.2) is 0 Å². The zero-order chi connectivity index (χ0) is 16.9. The van der Waals surface area contributed by atoms with E-state index < -0.39 is 0 Å². The molecule has 0 saturated carbocycles. The minimum Gasteiger partial charge on any atom is -0.320 e. The van der Waals surface area contributed by atoms with E-state index in [-0.39, 0.29) is 5.91 Å². The van der Waals surface area contributed by atoms with Crippen molar-refractivity contribution in [3.8, 4) is 0 Å². The van der Waals surface area contributed by atoms with Crippen molar-refractivity contribution in [3.63, 3.8) is 0 Å². The minimum atomic E-state index is 0.0476. The number of fused-ring (bicyclic) bond motifs is 1. The fourth-order valence-electron chi connectivity index (χ4n) is 3.57. The van der Waals surface area contributed by atoms with Crippen molar-refractivity contribution < 1.29 is 9.36 Å². The SMILES string of the molecule is CCc1cccc(CC)c1NC(=O)C[n+]1ccc2c(c1)CCCC2. The van der Waals surface area contributed by atoms with Gasteiger partial charge in [0, 0.05) is 17.3 Å². The number of benzene rings is 1. The molecule has 0 fully saturated rings. The van der Waals surface area contributed by atoms with E-state index in [1.807, 2.05) is 10.8 Å². The van der Waals surface area contributed by atoms with Crippen molar-refractivity contribution in [2.45, 2.75) is 58.9 Å². The van der Waals surface area contributed by atoms with Gasteiger partial charge in [0.2, 0.25) is 6.54 Å². The molecular formula is C21H27N2O+. The molecule has 2 aromatic rings. The summed E-state index contributed by atoms with van der Waals surface area (Å²) in [6, 6.07) is 8.45. The fourth-order valence-corrected chi connectivity index (χ4v) is 3.57. The first-order valence-electron chi connectivity index (χ1n) is 9.12. The topological polar surface area (TPSA) is 33.0 Å². The number of carbonyl (C=O) groups is 1. The third-order valence-corrected chi connectivity index (χ3v) is 4.93. The molecule has 1 aliphatic rings.